The van der Waals surface area contributed by atoms with Gasteiger partial charge in [-0.15, -0.1) is 22.7 Å². The Kier molecular flexibility index (Phi) is 10.0. The van der Waals surface area contributed by atoms with Gasteiger partial charge in [0.2, 0.25) is 0 Å². The number of aryl methyl sites for hydroxylation is 2. The molecule has 0 saturated heterocycles. The van der Waals surface area contributed by atoms with Crippen LogP contribution in [0.1, 0.15) is 134 Å². The molecule has 2 aliphatic rings. The average molecular weight is 799 g/mol. The second-order valence-electron chi connectivity index (χ2n) is 17.2. The van der Waals surface area contributed by atoms with Crippen LogP contribution in [-0.4, -0.2) is 10.2 Å². The van der Waals surface area contributed by atoms with Gasteiger partial charge in [-0.1, -0.05) is 151 Å². The van der Waals surface area contributed by atoms with Crippen LogP contribution in [0.5, 0.6) is 0 Å². The molecule has 2 aromatic heterocycles. The molecular formula is C54H54O2S2. The third kappa shape index (κ3) is 5.92. The van der Waals surface area contributed by atoms with Crippen molar-refractivity contribution in [3.05, 3.63) is 151 Å². The first-order valence-corrected chi connectivity index (χ1v) is 23.8. The van der Waals surface area contributed by atoms with Gasteiger partial charge in [0.25, 0.3) is 0 Å². The lowest BCUT2D eigenvalue weighted by Gasteiger charge is -2.39. The zero-order valence-electron chi connectivity index (χ0n) is 34.0. The zero-order valence-corrected chi connectivity index (χ0v) is 35.6. The lowest BCUT2D eigenvalue weighted by molar-refractivity contribution is 0.130. The number of thiophene rings is 2. The number of aliphatic hydroxyl groups is 2. The fourth-order valence-electron chi connectivity index (χ4n) is 10.6. The van der Waals surface area contributed by atoms with Crippen molar-refractivity contribution in [3.8, 4) is 22.3 Å². The van der Waals surface area contributed by atoms with E-state index in [1.165, 1.54) is 121 Å². The summed E-state index contributed by atoms with van der Waals surface area (Å²) in [5, 5.41) is 38.3. The van der Waals surface area contributed by atoms with Crippen LogP contribution in [0.3, 0.4) is 0 Å². The Morgan fingerprint density at radius 3 is 1.28 bits per heavy atom. The minimum atomic E-state index is -1.28. The maximum absolute atomic E-state index is 13.4. The monoisotopic (exact) mass is 798 g/mol. The molecule has 6 aromatic carbocycles. The molecule has 294 valence electrons. The molecule has 0 radical (unpaired) electrons. The second kappa shape index (κ2) is 15.4. The van der Waals surface area contributed by atoms with E-state index in [2.05, 4.69) is 122 Å². The Bertz CT molecular complexity index is 2580. The molecule has 0 aliphatic heterocycles. The number of hydrogen-bond acceptors (Lipinski definition) is 4. The topological polar surface area (TPSA) is 40.5 Å². The van der Waals surface area contributed by atoms with E-state index in [1.807, 2.05) is 0 Å². The zero-order chi connectivity index (χ0) is 39.4. The van der Waals surface area contributed by atoms with Crippen molar-refractivity contribution < 1.29 is 10.2 Å². The van der Waals surface area contributed by atoms with Crippen LogP contribution in [0.4, 0.5) is 0 Å². The molecule has 0 spiro atoms. The molecule has 0 fully saturated rings. The first kappa shape index (κ1) is 37.9. The van der Waals surface area contributed by atoms with Crippen molar-refractivity contribution in [1.29, 1.82) is 0 Å². The van der Waals surface area contributed by atoms with Gasteiger partial charge in [-0.05, 0) is 126 Å². The predicted octanol–water partition coefficient (Wildman–Crippen LogP) is 15.0. The Labute approximate surface area is 351 Å². The van der Waals surface area contributed by atoms with Gasteiger partial charge >= 0.3 is 0 Å². The van der Waals surface area contributed by atoms with Crippen molar-refractivity contribution in [1.82, 2.24) is 0 Å². The summed E-state index contributed by atoms with van der Waals surface area (Å²) in [6.07, 6.45) is 17.4. The molecule has 8 aromatic rings. The molecule has 0 saturated carbocycles. The predicted molar refractivity (Wildman–Crippen MR) is 248 cm³/mol. The molecule has 4 heteroatoms. The highest BCUT2D eigenvalue weighted by Gasteiger charge is 2.45. The fraction of sp³-hybridized carbons (Fsp3) is 0.333. The van der Waals surface area contributed by atoms with Crippen LogP contribution in [0.15, 0.2) is 108 Å². The van der Waals surface area contributed by atoms with E-state index in [0.717, 1.165) is 66.7 Å². The van der Waals surface area contributed by atoms with Crippen molar-refractivity contribution in [3.63, 3.8) is 0 Å². The molecule has 0 amide bonds. The lowest BCUT2D eigenvalue weighted by atomic mass is 9.68. The van der Waals surface area contributed by atoms with E-state index in [9.17, 15) is 10.2 Å². The van der Waals surface area contributed by atoms with Gasteiger partial charge < -0.3 is 10.2 Å². The summed E-state index contributed by atoms with van der Waals surface area (Å²) in [6.45, 7) is 4.54. The summed E-state index contributed by atoms with van der Waals surface area (Å²) in [4.78, 5) is 1.98. The number of unbranched alkanes of at least 4 members (excludes halogenated alkanes) is 10. The average Bonchev–Trinajstić information content (AvgIpc) is 3.95. The van der Waals surface area contributed by atoms with Crippen LogP contribution in [0.25, 0.3) is 54.6 Å². The van der Waals surface area contributed by atoms with Gasteiger partial charge in [-0.3, -0.25) is 0 Å². The van der Waals surface area contributed by atoms with E-state index in [-0.39, 0.29) is 0 Å². The van der Waals surface area contributed by atoms with Crippen LogP contribution >= 0.6 is 22.7 Å². The Hall–Kier alpha value is -4.32. The Morgan fingerprint density at radius 2 is 0.828 bits per heavy atom. The molecule has 58 heavy (non-hydrogen) atoms. The maximum Gasteiger partial charge on any atom is 0.150 e. The number of hydrogen-bond donors (Lipinski definition) is 2. The number of rotatable bonds is 16. The minimum Gasteiger partial charge on any atom is -0.375 e. The summed E-state index contributed by atoms with van der Waals surface area (Å²) in [6, 6.07) is 35.2. The largest absolute Gasteiger partial charge is 0.375 e. The molecule has 2 atom stereocenters. The van der Waals surface area contributed by atoms with E-state index in [1.54, 1.807) is 22.7 Å². The summed E-state index contributed by atoms with van der Waals surface area (Å²) in [5.41, 5.74) is 8.41. The van der Waals surface area contributed by atoms with E-state index in [0.29, 0.717) is 0 Å². The van der Waals surface area contributed by atoms with Gasteiger partial charge in [0.15, 0.2) is 11.2 Å². The Morgan fingerprint density at radius 1 is 0.414 bits per heavy atom. The first-order valence-electron chi connectivity index (χ1n) is 22.1. The minimum absolute atomic E-state index is 0.952. The quantitative estimate of drug-likeness (QED) is 0.0755. The van der Waals surface area contributed by atoms with Crippen LogP contribution in [0.2, 0.25) is 0 Å². The smallest absolute Gasteiger partial charge is 0.150 e. The van der Waals surface area contributed by atoms with Gasteiger partial charge in [0, 0.05) is 32.0 Å². The normalized spacial score (nSPS) is 18.1. The van der Waals surface area contributed by atoms with Crippen molar-refractivity contribution >= 4 is 55.0 Å². The van der Waals surface area contributed by atoms with Crippen molar-refractivity contribution in [2.24, 2.45) is 0 Å². The fourth-order valence-corrected chi connectivity index (χ4v) is 12.7. The third-order valence-corrected chi connectivity index (χ3v) is 15.7. The maximum atomic E-state index is 13.4. The van der Waals surface area contributed by atoms with Gasteiger partial charge in [0.05, 0.1) is 0 Å². The first-order chi connectivity index (χ1) is 28.5. The van der Waals surface area contributed by atoms with Crippen molar-refractivity contribution in [2.75, 3.05) is 0 Å². The number of fused-ring (bicyclic) bond motifs is 4. The molecule has 10 rings (SSSR count). The standard InChI is InChI=1S/C54H54O2S2/c1-3-5-7-9-11-13-19-35-29-47(57-33-35)53(55)43-23-17-15-21-39(43)41-31-38-26-28-46-52-42(32-37-25-27-45(53)51(41)49(37)50(38)52)40-22-16-18-24-44(40)54(46,56)48-30-36(34-58-48)20-14-12-10-8-6-4-2/h15-18,21-34,55-56H,3-14,19-20H2,1-2H3. The van der Waals surface area contributed by atoms with Crippen molar-refractivity contribution in [2.45, 2.75) is 115 Å². The summed E-state index contributed by atoms with van der Waals surface area (Å²) < 4.78 is 0. The van der Waals surface area contributed by atoms with Crippen LogP contribution in [0, 0.1) is 0 Å². The van der Waals surface area contributed by atoms with E-state index < -0.39 is 11.2 Å². The summed E-state index contributed by atoms with van der Waals surface area (Å²) >= 11 is 3.39. The number of benzene rings is 6. The van der Waals surface area contributed by atoms with Gasteiger partial charge in [0.1, 0.15) is 0 Å². The molecule has 0 bridgehead atoms. The van der Waals surface area contributed by atoms with Crippen LogP contribution in [-0.2, 0) is 24.0 Å². The summed E-state index contributed by atoms with van der Waals surface area (Å²) in [5.74, 6) is 0. The molecule has 2 heterocycles. The molecule has 2 unspecified atom stereocenters. The third-order valence-electron chi connectivity index (χ3n) is 13.5. The SMILES string of the molecule is CCCCCCCCc1csc(C2(O)c3ccccc3-c3cc4ccc5c6c(cc7ccc2c3c7c46)-c2ccccc2C5(O)c2cc(CCCCCCCC)cs2)c1. The molecule has 2 nitrogen and oxygen atoms in total. The van der Waals surface area contributed by atoms with E-state index in [4.69, 9.17) is 0 Å². The van der Waals surface area contributed by atoms with Gasteiger partial charge in [-0.25, -0.2) is 0 Å². The van der Waals surface area contributed by atoms with Crippen LogP contribution < -0.4 is 0 Å². The highest BCUT2D eigenvalue weighted by Crippen LogP contribution is 2.58. The molecule has 2 N–H and O–H groups in total. The molecule has 2 aliphatic carbocycles. The van der Waals surface area contributed by atoms with E-state index >= 15 is 0 Å². The van der Waals surface area contributed by atoms with Gasteiger partial charge in [-0.2, -0.15) is 0 Å². The Balaban J connectivity index is 1.12. The summed E-state index contributed by atoms with van der Waals surface area (Å²) in [7, 11) is 0. The lowest BCUT2D eigenvalue weighted by Crippen LogP contribution is -2.32. The second-order valence-corrected chi connectivity index (χ2v) is 19.0. The molecular weight excluding hydrogens is 745 g/mol. The highest BCUT2D eigenvalue weighted by molar-refractivity contribution is 7.10. The highest BCUT2D eigenvalue weighted by atomic mass is 32.1.